The van der Waals surface area contributed by atoms with Crippen LogP contribution in [0.1, 0.15) is 19.8 Å². The third-order valence-corrected chi connectivity index (χ3v) is 1.21. The molecule has 3 heteroatoms. The molecule has 0 saturated carbocycles. The predicted molar refractivity (Wildman–Crippen MR) is 51.0 cm³/mol. The van der Waals surface area contributed by atoms with Crippen molar-refractivity contribution >= 4 is 0 Å². The van der Waals surface area contributed by atoms with Crippen molar-refractivity contribution in [3.63, 3.8) is 0 Å². The minimum Gasteiger partial charge on any atom is -0.309 e. The summed E-state index contributed by atoms with van der Waals surface area (Å²) >= 11 is 0. The lowest BCUT2D eigenvalue weighted by molar-refractivity contribution is 0.402. The molecule has 0 aliphatic rings. The van der Waals surface area contributed by atoms with E-state index in [0.717, 1.165) is 0 Å². The van der Waals surface area contributed by atoms with Crippen molar-refractivity contribution in [1.82, 2.24) is 4.90 Å². The van der Waals surface area contributed by atoms with Crippen molar-refractivity contribution in [1.29, 1.82) is 0 Å². The Labute approximate surface area is 70.0 Å². The van der Waals surface area contributed by atoms with Crippen LogP contribution in [0.5, 0.6) is 0 Å². The van der Waals surface area contributed by atoms with Gasteiger partial charge in [0, 0.05) is 0 Å². The van der Waals surface area contributed by atoms with Crippen molar-refractivity contribution in [3.05, 3.63) is 12.2 Å². The highest BCUT2D eigenvalue weighted by atomic mass is 15.0. The van der Waals surface area contributed by atoms with Crippen molar-refractivity contribution in [2.75, 3.05) is 20.6 Å². The zero-order valence-corrected chi connectivity index (χ0v) is 7.88. The summed E-state index contributed by atoms with van der Waals surface area (Å²) in [6.45, 7) is 3.26. The third-order valence-electron chi connectivity index (χ3n) is 1.21. The highest BCUT2D eigenvalue weighted by Gasteiger charge is 1.85. The molecule has 0 atom stereocenters. The maximum atomic E-state index is 4.00. The second-order valence-electron chi connectivity index (χ2n) is 2.51. The Morgan fingerprint density at radius 2 is 1.82 bits per heavy atom. The molecule has 0 amide bonds. The van der Waals surface area contributed by atoms with E-state index in [2.05, 4.69) is 49.8 Å². The van der Waals surface area contributed by atoms with Gasteiger partial charge >= 0.3 is 0 Å². The van der Waals surface area contributed by atoms with Gasteiger partial charge in [-0.3, -0.25) is 11.7 Å². The monoisotopic (exact) mass is 159 g/mol. The normalized spacial score (nSPS) is 10.0. The van der Waals surface area contributed by atoms with Crippen LogP contribution >= 0.6 is 0 Å². The summed E-state index contributed by atoms with van der Waals surface area (Å²) < 4.78 is 0. The van der Waals surface area contributed by atoms with E-state index in [9.17, 15) is 0 Å². The van der Waals surface area contributed by atoms with E-state index in [-0.39, 0.29) is 0 Å². The van der Waals surface area contributed by atoms with Gasteiger partial charge in [0.25, 0.3) is 0 Å². The lowest BCUT2D eigenvalue weighted by Gasteiger charge is -2.06. The van der Waals surface area contributed by atoms with Gasteiger partial charge in [-0.2, -0.15) is 0 Å². The second-order valence-corrected chi connectivity index (χ2v) is 2.51. The van der Waals surface area contributed by atoms with Crippen LogP contribution in [0.15, 0.2) is 12.2 Å². The van der Waals surface area contributed by atoms with E-state index < -0.39 is 0 Å². The molecule has 0 aromatic carbocycles. The summed E-state index contributed by atoms with van der Waals surface area (Å²) in [5.74, 6) is 8.00. The molecule has 4 N–H and O–H groups in total. The highest BCUT2D eigenvalue weighted by molar-refractivity contribution is 4.76. The van der Waals surface area contributed by atoms with Crippen LogP contribution in [0.3, 0.4) is 0 Å². The van der Waals surface area contributed by atoms with Gasteiger partial charge in [-0.1, -0.05) is 12.2 Å². The first-order chi connectivity index (χ1) is 5.27. The molecule has 0 aromatic rings. The molecule has 0 aliphatic carbocycles. The van der Waals surface area contributed by atoms with Gasteiger partial charge in [0.15, 0.2) is 0 Å². The van der Waals surface area contributed by atoms with Crippen LogP contribution in [-0.4, -0.2) is 25.5 Å². The van der Waals surface area contributed by atoms with Crippen LogP contribution in [0.4, 0.5) is 0 Å². The fourth-order valence-electron chi connectivity index (χ4n) is 0.692. The van der Waals surface area contributed by atoms with Crippen LogP contribution in [-0.2, 0) is 0 Å². The number of hydrogen-bond donors (Lipinski definition) is 2. The van der Waals surface area contributed by atoms with Crippen molar-refractivity contribution in [3.8, 4) is 0 Å². The first-order valence-electron chi connectivity index (χ1n) is 3.86. The fraction of sp³-hybridized carbons (Fsp3) is 0.750. The minimum atomic E-state index is 1.20. The van der Waals surface area contributed by atoms with Gasteiger partial charge in [-0.05, 0) is 40.4 Å². The first kappa shape index (κ1) is 13.2. The summed E-state index contributed by atoms with van der Waals surface area (Å²) in [7, 11) is 4.21. The quantitative estimate of drug-likeness (QED) is 0.275. The van der Waals surface area contributed by atoms with E-state index in [1.165, 1.54) is 19.4 Å². The molecular formula is C8H21N3. The molecule has 3 nitrogen and oxygen atoms in total. The lowest BCUT2D eigenvalue weighted by atomic mass is 10.3. The van der Waals surface area contributed by atoms with Gasteiger partial charge in [0.05, 0.1) is 0 Å². The van der Waals surface area contributed by atoms with E-state index in [0.29, 0.717) is 0 Å². The highest BCUT2D eigenvalue weighted by Crippen LogP contribution is 1.91. The predicted octanol–water partition coefficient (Wildman–Crippen LogP) is 0.723. The van der Waals surface area contributed by atoms with Gasteiger partial charge in [-0.25, -0.2) is 0 Å². The molecule has 11 heavy (non-hydrogen) atoms. The van der Waals surface area contributed by atoms with Gasteiger partial charge < -0.3 is 4.90 Å². The van der Waals surface area contributed by atoms with Crippen molar-refractivity contribution < 1.29 is 0 Å². The van der Waals surface area contributed by atoms with E-state index in [4.69, 9.17) is 0 Å². The fourth-order valence-corrected chi connectivity index (χ4v) is 0.692. The van der Waals surface area contributed by atoms with Crippen LogP contribution in [0.2, 0.25) is 0 Å². The number of unbranched alkanes of at least 4 members (excludes halogenated alkanes) is 1. The maximum absolute atomic E-state index is 4.00. The summed E-state index contributed by atoms with van der Waals surface area (Å²) in [5.41, 5.74) is 0. The van der Waals surface area contributed by atoms with Gasteiger partial charge in [-0.15, -0.1) is 0 Å². The van der Waals surface area contributed by atoms with Gasteiger partial charge in [0.2, 0.25) is 0 Å². The summed E-state index contributed by atoms with van der Waals surface area (Å²) in [6.07, 6.45) is 6.81. The SMILES string of the molecule is CC=CCCCN(C)C.NN. The van der Waals surface area contributed by atoms with E-state index >= 15 is 0 Å². The molecule has 0 spiro atoms. The average molecular weight is 159 g/mol. The minimum absolute atomic E-state index is 1.20. The molecule has 68 valence electrons. The standard InChI is InChI=1S/C8H17N.H4N2/c1-4-5-6-7-8-9(2)3;1-2/h4-5H,6-8H2,1-3H3;1-2H2. The van der Waals surface area contributed by atoms with Gasteiger partial charge in [0.1, 0.15) is 0 Å². The lowest BCUT2D eigenvalue weighted by Crippen LogP contribution is -2.12. The molecule has 0 saturated heterocycles. The smallest absolute Gasteiger partial charge is 0.00219 e. The van der Waals surface area contributed by atoms with Crippen LogP contribution < -0.4 is 11.7 Å². The number of allylic oxidation sites excluding steroid dienone is 2. The Bertz CT molecular complexity index is 79.4. The zero-order chi connectivity index (χ0) is 9.11. The van der Waals surface area contributed by atoms with E-state index in [1.807, 2.05) is 0 Å². The number of nitrogens with two attached hydrogens (primary N) is 2. The molecular weight excluding hydrogens is 138 g/mol. The van der Waals surface area contributed by atoms with E-state index in [1.54, 1.807) is 0 Å². The average Bonchev–Trinajstić information content (AvgIpc) is 2.02. The van der Waals surface area contributed by atoms with Crippen molar-refractivity contribution in [2.24, 2.45) is 11.7 Å². The molecule has 0 aliphatic heterocycles. The Balaban J connectivity index is 0. The Morgan fingerprint density at radius 3 is 2.18 bits per heavy atom. The summed E-state index contributed by atoms with van der Waals surface area (Å²) in [4.78, 5) is 2.21. The Hall–Kier alpha value is -0.380. The molecule has 0 unspecified atom stereocenters. The Kier molecular flexibility index (Phi) is 14.8. The summed E-state index contributed by atoms with van der Waals surface area (Å²) in [5, 5.41) is 0. The second kappa shape index (κ2) is 12.3. The molecule has 0 radical (unpaired) electrons. The largest absolute Gasteiger partial charge is 0.309 e. The zero-order valence-electron chi connectivity index (χ0n) is 7.88. The number of rotatable bonds is 4. The number of nitrogens with zero attached hydrogens (tertiary/aromatic N) is 1. The number of hydrogen-bond acceptors (Lipinski definition) is 3. The number of hydrazine groups is 1. The Morgan fingerprint density at radius 1 is 1.27 bits per heavy atom. The molecule has 0 heterocycles. The molecule has 0 fully saturated rings. The molecule has 0 rings (SSSR count). The summed E-state index contributed by atoms with van der Waals surface area (Å²) in [6, 6.07) is 0. The maximum Gasteiger partial charge on any atom is -0.00219 e. The first-order valence-corrected chi connectivity index (χ1v) is 3.86. The van der Waals surface area contributed by atoms with Crippen LogP contribution in [0, 0.1) is 0 Å². The molecule has 0 bridgehead atoms. The van der Waals surface area contributed by atoms with Crippen LogP contribution in [0.25, 0.3) is 0 Å². The topological polar surface area (TPSA) is 55.3 Å². The van der Waals surface area contributed by atoms with Crippen molar-refractivity contribution in [2.45, 2.75) is 19.8 Å². The molecule has 0 aromatic heterocycles. The third kappa shape index (κ3) is 17.7.